The first-order valence-electron chi connectivity index (χ1n) is 50.2. The maximum Gasteiger partial charge on any atom is 0.588 e. The van der Waals surface area contributed by atoms with Gasteiger partial charge < -0.3 is 52.8 Å². The van der Waals surface area contributed by atoms with Gasteiger partial charge in [-0.2, -0.15) is 0 Å². The van der Waals surface area contributed by atoms with Crippen molar-refractivity contribution in [3.05, 3.63) is 60.7 Å². The van der Waals surface area contributed by atoms with Crippen molar-refractivity contribution in [2.75, 3.05) is 19.8 Å². The number of esters is 4. The second-order valence-corrected chi connectivity index (χ2v) is 36.8. The fourth-order valence-corrected chi connectivity index (χ4v) is 18.3. The number of nitrogens with zero attached hydrogens (tertiary/aromatic N) is 1. The molecule has 0 aromatic heterocycles. The molecule has 2 aromatic rings. The van der Waals surface area contributed by atoms with Crippen LogP contribution in [-0.2, 0) is 66.3 Å². The van der Waals surface area contributed by atoms with Crippen LogP contribution in [0.15, 0.2) is 60.7 Å². The van der Waals surface area contributed by atoms with Crippen molar-refractivity contribution < 1.29 is 80.4 Å². The third-order valence-electron chi connectivity index (χ3n) is 24.2. The van der Waals surface area contributed by atoms with E-state index in [4.69, 9.17) is 42.0 Å². The number of nitrogens with one attached hydrogen (secondary N) is 1. The molecule has 2 fully saturated rings. The van der Waals surface area contributed by atoms with Crippen molar-refractivity contribution in [3.63, 3.8) is 0 Å². The number of rotatable bonds is 81. The minimum atomic E-state index is -4.98. The monoisotopic (exact) mass is 1720 g/mol. The van der Waals surface area contributed by atoms with Gasteiger partial charge in [-0.25, -0.2) is 4.57 Å². The number of aliphatic hydroxyl groups is 1. The molecular weight excluding hydrogens is 1540 g/mol. The summed E-state index contributed by atoms with van der Waals surface area (Å²) in [5.74, 6) is -2.52. The summed E-state index contributed by atoms with van der Waals surface area (Å²) in [6.45, 7) is 12.8. The van der Waals surface area contributed by atoms with Gasteiger partial charge in [0.15, 0.2) is 12.4 Å². The van der Waals surface area contributed by atoms with Gasteiger partial charge >= 0.3 is 31.7 Å². The zero-order valence-corrected chi connectivity index (χ0v) is 78.3. The van der Waals surface area contributed by atoms with Crippen LogP contribution in [0.2, 0.25) is 0 Å². The number of unbranched alkanes of at least 4 members (excludes halogenated alkanes) is 48. The number of para-hydroxylation sites is 2. The molecule has 0 radical (unpaired) electrons. The largest absolute Gasteiger partial charge is 0.588 e. The van der Waals surface area contributed by atoms with E-state index in [9.17, 15) is 19.5 Å². The topological polar surface area (TPSA) is 238 Å². The van der Waals surface area contributed by atoms with Gasteiger partial charge in [0.25, 0.3) is 0 Å². The fraction of sp³-hybridized carbons (Fsp3) is 0.822. The van der Waals surface area contributed by atoms with Crippen LogP contribution in [0.25, 0.3) is 0 Å². The lowest BCUT2D eigenvalue weighted by molar-refractivity contribution is -0.273. The molecule has 2 amide bonds. The number of carbonyl (C=O) groups excluding carboxylic acids is 6. The number of hydrogen-bond acceptors (Lipinski definition) is 17. The third-order valence-corrected chi connectivity index (χ3v) is 25.6. The van der Waals surface area contributed by atoms with E-state index in [2.05, 4.69) is 46.9 Å². The number of amides is 2. The molecule has 9 atom stereocenters. The number of benzene rings is 2. The number of carbonyl (C=O) groups is 6. The Hall–Kier alpha value is -5.07. The van der Waals surface area contributed by atoms with Crippen LogP contribution < -0.4 is 14.4 Å². The van der Waals surface area contributed by atoms with Crippen molar-refractivity contribution in [2.45, 2.75) is 514 Å². The summed E-state index contributed by atoms with van der Waals surface area (Å²) < 4.78 is 74.5. The Morgan fingerprint density at radius 1 is 0.413 bits per heavy atom. The van der Waals surface area contributed by atoms with E-state index in [1.54, 1.807) is 65.6 Å². The van der Waals surface area contributed by atoms with Crippen LogP contribution >= 0.6 is 7.82 Å². The molecule has 2 aliphatic heterocycles. The zero-order valence-electron chi connectivity index (χ0n) is 77.4. The summed E-state index contributed by atoms with van der Waals surface area (Å²) >= 11 is 0. The highest BCUT2D eigenvalue weighted by atomic mass is 31.2. The van der Waals surface area contributed by atoms with Crippen molar-refractivity contribution in [3.8, 4) is 11.5 Å². The molecular formula is C101H175N2O17P. The number of phosphoric ester groups is 1. The van der Waals surface area contributed by atoms with Gasteiger partial charge in [0.1, 0.15) is 48.1 Å². The molecule has 2 heterocycles. The maximum absolute atomic E-state index is 15.9. The molecule has 2 N–H and O–H groups in total. The fourth-order valence-electron chi connectivity index (χ4n) is 16.9. The lowest BCUT2D eigenvalue weighted by Crippen LogP contribution is -2.66. The molecule has 4 rings (SSSR count). The molecule has 0 unspecified atom stereocenters. The van der Waals surface area contributed by atoms with Crippen molar-refractivity contribution >= 4 is 43.5 Å². The summed E-state index contributed by atoms with van der Waals surface area (Å²) in [7, 11) is -4.98. The number of hydrogen-bond donors (Lipinski definition) is 2. The van der Waals surface area contributed by atoms with Gasteiger partial charge in [0.05, 0.1) is 38.5 Å². The third kappa shape index (κ3) is 53.9. The summed E-state index contributed by atoms with van der Waals surface area (Å²) in [6.07, 6.45) is 52.2. The molecule has 0 saturated carbocycles. The van der Waals surface area contributed by atoms with Gasteiger partial charge in [-0.15, -0.1) is 0 Å². The molecule has 19 nitrogen and oxygen atoms in total. The SMILES string of the molecule is CCCCCCCCCCCC(=O)O[C@H](CCCCCCCCCCC)CC(=O)N[C@H]1[C@H](OC[C@@H]2CCCN2C(=O)C[C@@H](CCCCCCCCCCC)OC(=O)CCCCCCCCCCC)O[C@H](CO)[C@@H](OP(=O)(Oc2ccccc2)Oc2ccccc2)[C@@H]1OC(=O)C[C@@H](CCCCCCCCCCC)OC(=O)CCCCCCCCCCC. The maximum atomic E-state index is 15.9. The molecule has 0 bridgehead atoms. The molecule has 2 aliphatic rings. The smallest absolute Gasteiger partial charge is 0.462 e. The first-order chi connectivity index (χ1) is 59.2. The van der Waals surface area contributed by atoms with E-state index in [1.165, 1.54) is 173 Å². The van der Waals surface area contributed by atoms with Gasteiger partial charge in [-0.1, -0.05) is 386 Å². The minimum absolute atomic E-state index is 0.00587. The number of phosphoric acid groups is 1. The Morgan fingerprint density at radius 2 is 0.736 bits per heavy atom. The van der Waals surface area contributed by atoms with Crippen LogP contribution in [0.5, 0.6) is 11.5 Å². The normalized spacial score (nSPS) is 17.4. The molecule has 121 heavy (non-hydrogen) atoms. The second kappa shape index (κ2) is 73.0. The van der Waals surface area contributed by atoms with Crippen LogP contribution in [0.1, 0.15) is 459 Å². The quantitative estimate of drug-likeness (QED) is 0.0271. The molecule has 0 spiro atoms. The standard InChI is InChI=1S/C101H175N2O17P/c1-7-13-19-25-31-37-43-49-57-73-88(113-94(107)76-64-52-46-40-34-28-22-16-10-4)80-92(105)102-98-100(117-97(110)82-90(75-59-51-45-39-33-27-21-15-9-3)115-96(109)78-66-54-48-42-36-30-24-18-12-6)99(120-121(111,118-86-69-60-55-61-70-86)119-87-71-62-56-63-72-87)91(83-104)116-101(98)112-84-85-68-67-79-103(85)93(106)81-89(74-58-50-44-38-32-26-20-14-8-2)114-95(108)77-65-53-47-41-35-29-23-17-11-5/h55-56,60-63,69-72,85,88-91,98-101,104H,7-54,57-59,64-68,73-84H2,1-6H3,(H,102,105)/t85-,88+,89+,90+,91+,98+,99+,100+,101+/m0/s1. The first kappa shape index (κ1) is 108. The molecule has 0 aliphatic carbocycles. The van der Waals surface area contributed by atoms with Crippen molar-refractivity contribution in [2.24, 2.45) is 0 Å². The van der Waals surface area contributed by atoms with E-state index in [-0.39, 0.29) is 61.6 Å². The highest BCUT2D eigenvalue weighted by Gasteiger charge is 2.54. The van der Waals surface area contributed by atoms with E-state index in [0.29, 0.717) is 70.8 Å². The van der Waals surface area contributed by atoms with Crippen molar-refractivity contribution in [1.82, 2.24) is 10.2 Å². The van der Waals surface area contributed by atoms with E-state index < -0.39 is 93.7 Å². The summed E-state index contributed by atoms with van der Waals surface area (Å²) in [4.78, 5) is 89.7. The first-order valence-corrected chi connectivity index (χ1v) is 51.7. The Bertz CT molecular complexity index is 2860. The number of likely N-dealkylation sites (tertiary alicyclic amines) is 1. The van der Waals surface area contributed by atoms with Crippen LogP contribution in [-0.4, -0.2) is 120 Å². The second-order valence-electron chi connectivity index (χ2n) is 35.4. The average molecular weight is 1720 g/mol. The summed E-state index contributed by atoms with van der Waals surface area (Å²) in [5.41, 5.74) is 0. The summed E-state index contributed by atoms with van der Waals surface area (Å²) in [6, 6.07) is 14.6. The van der Waals surface area contributed by atoms with Gasteiger partial charge in [0, 0.05) is 25.8 Å². The minimum Gasteiger partial charge on any atom is -0.462 e. The van der Waals surface area contributed by atoms with Crippen LogP contribution in [0.3, 0.4) is 0 Å². The average Bonchev–Trinajstić information content (AvgIpc) is 1.60. The Balaban J connectivity index is 1.81. The molecule has 2 aromatic carbocycles. The molecule has 20 heteroatoms. The predicted molar refractivity (Wildman–Crippen MR) is 489 cm³/mol. The zero-order chi connectivity index (χ0) is 87.1. The molecule has 2 saturated heterocycles. The highest BCUT2D eigenvalue weighted by molar-refractivity contribution is 7.49. The Labute approximate surface area is 736 Å². The highest BCUT2D eigenvalue weighted by Crippen LogP contribution is 2.53. The lowest BCUT2D eigenvalue weighted by Gasteiger charge is -2.46. The van der Waals surface area contributed by atoms with E-state index >= 15 is 18.9 Å². The van der Waals surface area contributed by atoms with Gasteiger partial charge in [-0.05, 0) is 94.9 Å². The van der Waals surface area contributed by atoms with Crippen LogP contribution in [0, 0.1) is 0 Å². The van der Waals surface area contributed by atoms with E-state index in [0.717, 1.165) is 148 Å². The Morgan fingerprint density at radius 3 is 1.08 bits per heavy atom. The van der Waals surface area contributed by atoms with Gasteiger partial charge in [0.2, 0.25) is 11.8 Å². The summed E-state index contributed by atoms with van der Waals surface area (Å²) in [5, 5.41) is 14.9. The predicted octanol–water partition coefficient (Wildman–Crippen LogP) is 27.2. The lowest BCUT2D eigenvalue weighted by atomic mass is 9.95. The Kier molecular flexibility index (Phi) is 65.3. The van der Waals surface area contributed by atoms with E-state index in [1.807, 2.05) is 0 Å². The van der Waals surface area contributed by atoms with Crippen molar-refractivity contribution in [1.29, 1.82) is 0 Å². The molecule has 696 valence electrons. The number of ether oxygens (including phenoxy) is 6. The number of aliphatic hydroxyl groups excluding tert-OH is 1. The van der Waals surface area contributed by atoms with Gasteiger partial charge in [-0.3, -0.25) is 33.3 Å². The van der Waals surface area contributed by atoms with Crippen LogP contribution in [0.4, 0.5) is 0 Å².